The molecule has 172 valence electrons. The van der Waals surface area contributed by atoms with Crippen molar-refractivity contribution in [1.82, 2.24) is 4.90 Å². The smallest absolute Gasteiger partial charge is 0.329 e. The standard InChI is InChI=1S/C26H34N2O4/c1-17(23(29)27(2)21-7-4-3-5-8-21)32-24(30)22-9-6-10-28(22)25(31)26-14-18-11-19(15-26)13-20(12-18)16-26/h3-5,7-8,17-20,22H,6,9-16H2,1-2H3/t17-,18?,19?,20?,22+,26?/m1/s1. The summed E-state index contributed by atoms with van der Waals surface area (Å²) in [4.78, 5) is 43.0. The summed E-state index contributed by atoms with van der Waals surface area (Å²) in [5, 5.41) is 0. The van der Waals surface area contributed by atoms with E-state index in [2.05, 4.69) is 0 Å². The largest absolute Gasteiger partial charge is 0.451 e. The zero-order chi connectivity index (χ0) is 22.5. The second-order valence-corrected chi connectivity index (χ2v) is 10.7. The molecule has 0 spiro atoms. The Morgan fingerprint density at radius 3 is 2.22 bits per heavy atom. The van der Waals surface area contributed by atoms with Gasteiger partial charge in [-0.25, -0.2) is 4.79 Å². The number of anilines is 1. The van der Waals surface area contributed by atoms with E-state index in [1.807, 2.05) is 30.3 Å². The molecule has 4 bridgehead atoms. The van der Waals surface area contributed by atoms with Gasteiger partial charge in [-0.15, -0.1) is 0 Å². The summed E-state index contributed by atoms with van der Waals surface area (Å²) in [5.41, 5.74) is 0.493. The highest BCUT2D eigenvalue weighted by Gasteiger charge is 2.57. The maximum Gasteiger partial charge on any atom is 0.329 e. The van der Waals surface area contributed by atoms with Crippen molar-refractivity contribution in [2.24, 2.45) is 23.2 Å². The third-order valence-electron chi connectivity index (χ3n) is 8.39. The number of ether oxygens (including phenoxy) is 1. The molecule has 0 aromatic heterocycles. The van der Waals surface area contributed by atoms with Gasteiger partial charge in [-0.1, -0.05) is 18.2 Å². The van der Waals surface area contributed by atoms with Crippen LogP contribution >= 0.6 is 0 Å². The van der Waals surface area contributed by atoms with Gasteiger partial charge in [0.05, 0.1) is 5.41 Å². The fourth-order valence-corrected chi connectivity index (χ4v) is 7.29. The number of para-hydroxylation sites is 1. The van der Waals surface area contributed by atoms with Gasteiger partial charge < -0.3 is 14.5 Å². The van der Waals surface area contributed by atoms with E-state index >= 15 is 0 Å². The number of likely N-dealkylation sites (tertiary alicyclic amines) is 1. The minimum Gasteiger partial charge on any atom is -0.451 e. The number of esters is 1. The summed E-state index contributed by atoms with van der Waals surface area (Å²) in [6, 6.07) is 8.74. The lowest BCUT2D eigenvalue weighted by molar-refractivity contribution is -0.168. The molecule has 1 aromatic carbocycles. The number of hydrogen-bond donors (Lipinski definition) is 0. The Morgan fingerprint density at radius 2 is 1.62 bits per heavy atom. The van der Waals surface area contributed by atoms with Crippen molar-refractivity contribution in [3.05, 3.63) is 30.3 Å². The summed E-state index contributed by atoms with van der Waals surface area (Å²) < 4.78 is 5.61. The highest BCUT2D eigenvalue weighted by molar-refractivity contribution is 5.97. The Labute approximate surface area is 190 Å². The molecular formula is C26H34N2O4. The molecule has 6 heteroatoms. The molecule has 0 radical (unpaired) electrons. The summed E-state index contributed by atoms with van der Waals surface area (Å²) in [6.45, 7) is 2.23. The van der Waals surface area contributed by atoms with Crippen LogP contribution in [0.5, 0.6) is 0 Å². The SMILES string of the molecule is C[C@@H](OC(=O)[C@@H]1CCCN1C(=O)C12CC3CC(CC(C3)C1)C2)C(=O)N(C)c1ccccc1. The number of rotatable bonds is 5. The van der Waals surface area contributed by atoms with Gasteiger partial charge in [0.15, 0.2) is 6.10 Å². The average Bonchev–Trinajstić information content (AvgIpc) is 3.27. The second-order valence-electron chi connectivity index (χ2n) is 10.7. The van der Waals surface area contributed by atoms with Crippen LogP contribution in [0.4, 0.5) is 5.69 Å². The van der Waals surface area contributed by atoms with E-state index in [-0.39, 0.29) is 17.2 Å². The molecule has 5 aliphatic rings. The van der Waals surface area contributed by atoms with E-state index in [1.54, 1.807) is 18.9 Å². The maximum absolute atomic E-state index is 13.8. The van der Waals surface area contributed by atoms with Crippen LogP contribution in [0.25, 0.3) is 0 Å². The Morgan fingerprint density at radius 1 is 1.03 bits per heavy atom. The summed E-state index contributed by atoms with van der Waals surface area (Å²) in [7, 11) is 1.68. The molecule has 1 saturated heterocycles. The van der Waals surface area contributed by atoms with Crippen LogP contribution in [0, 0.1) is 23.2 Å². The van der Waals surface area contributed by atoms with E-state index in [0.29, 0.717) is 30.7 Å². The predicted molar refractivity (Wildman–Crippen MR) is 121 cm³/mol. The quantitative estimate of drug-likeness (QED) is 0.656. The van der Waals surface area contributed by atoms with Gasteiger partial charge in [0.2, 0.25) is 5.91 Å². The van der Waals surface area contributed by atoms with Crippen LogP contribution in [0.1, 0.15) is 58.3 Å². The van der Waals surface area contributed by atoms with Crippen molar-refractivity contribution in [2.75, 3.05) is 18.5 Å². The van der Waals surface area contributed by atoms with Crippen molar-refractivity contribution in [3.8, 4) is 0 Å². The first-order valence-electron chi connectivity index (χ1n) is 12.2. The van der Waals surface area contributed by atoms with Crippen LogP contribution in [0.3, 0.4) is 0 Å². The highest BCUT2D eigenvalue weighted by Crippen LogP contribution is 2.60. The van der Waals surface area contributed by atoms with Crippen LogP contribution in [-0.2, 0) is 19.1 Å². The van der Waals surface area contributed by atoms with Gasteiger partial charge in [0.1, 0.15) is 6.04 Å². The molecule has 2 amide bonds. The lowest BCUT2D eigenvalue weighted by atomic mass is 9.49. The van der Waals surface area contributed by atoms with E-state index in [1.165, 1.54) is 24.2 Å². The van der Waals surface area contributed by atoms with E-state index in [9.17, 15) is 14.4 Å². The Hall–Kier alpha value is -2.37. The minimum absolute atomic E-state index is 0.177. The molecule has 0 unspecified atom stereocenters. The Bertz CT molecular complexity index is 863. The number of carbonyl (C=O) groups is 3. The molecule has 1 heterocycles. The molecule has 5 fully saturated rings. The molecule has 6 nitrogen and oxygen atoms in total. The third-order valence-corrected chi connectivity index (χ3v) is 8.39. The van der Waals surface area contributed by atoms with Crippen LogP contribution in [0.2, 0.25) is 0 Å². The molecule has 0 N–H and O–H groups in total. The molecule has 4 aliphatic carbocycles. The number of nitrogens with zero attached hydrogens (tertiary/aromatic N) is 2. The van der Waals surface area contributed by atoms with Gasteiger partial charge >= 0.3 is 5.97 Å². The minimum atomic E-state index is -0.898. The molecule has 6 rings (SSSR count). The lowest BCUT2D eigenvalue weighted by Crippen LogP contribution is -2.56. The van der Waals surface area contributed by atoms with Crippen LogP contribution in [-0.4, -0.2) is 48.4 Å². The zero-order valence-electron chi connectivity index (χ0n) is 19.2. The fraction of sp³-hybridized carbons (Fsp3) is 0.654. The average molecular weight is 439 g/mol. The molecule has 4 saturated carbocycles. The molecule has 2 atom stereocenters. The Balaban J connectivity index is 1.25. The van der Waals surface area contributed by atoms with Crippen LogP contribution < -0.4 is 4.90 Å². The Kier molecular flexibility index (Phi) is 5.50. The maximum atomic E-state index is 13.8. The zero-order valence-corrected chi connectivity index (χ0v) is 19.2. The summed E-state index contributed by atoms with van der Waals surface area (Å²) >= 11 is 0. The topological polar surface area (TPSA) is 66.9 Å². The number of amides is 2. The van der Waals surface area contributed by atoms with Gasteiger partial charge in [-0.3, -0.25) is 9.59 Å². The van der Waals surface area contributed by atoms with Gasteiger partial charge in [-0.2, -0.15) is 0 Å². The first-order valence-corrected chi connectivity index (χ1v) is 12.2. The molecule has 32 heavy (non-hydrogen) atoms. The van der Waals surface area contributed by atoms with Crippen molar-refractivity contribution in [3.63, 3.8) is 0 Å². The number of hydrogen-bond acceptors (Lipinski definition) is 4. The first-order chi connectivity index (χ1) is 15.4. The lowest BCUT2D eigenvalue weighted by Gasteiger charge is -2.56. The highest BCUT2D eigenvalue weighted by atomic mass is 16.5. The van der Waals surface area contributed by atoms with Crippen molar-refractivity contribution in [2.45, 2.75) is 70.4 Å². The van der Waals surface area contributed by atoms with Crippen molar-refractivity contribution >= 4 is 23.5 Å². The molecule has 1 aliphatic heterocycles. The second kappa shape index (κ2) is 8.20. The van der Waals surface area contributed by atoms with Crippen molar-refractivity contribution in [1.29, 1.82) is 0 Å². The number of carbonyl (C=O) groups excluding carboxylic acids is 3. The predicted octanol–water partition coefficient (Wildman–Crippen LogP) is 3.79. The van der Waals surface area contributed by atoms with Gasteiger partial charge in [-0.05, 0) is 88.2 Å². The summed E-state index contributed by atoms with van der Waals surface area (Å²) in [6.07, 6.45) is 7.36. The van der Waals surface area contributed by atoms with Gasteiger partial charge in [0, 0.05) is 19.3 Å². The third kappa shape index (κ3) is 3.71. The molecular weight excluding hydrogens is 404 g/mol. The monoisotopic (exact) mass is 438 g/mol. The van der Waals surface area contributed by atoms with Gasteiger partial charge in [0.25, 0.3) is 5.91 Å². The fourth-order valence-electron chi connectivity index (χ4n) is 7.29. The van der Waals surface area contributed by atoms with E-state index in [4.69, 9.17) is 4.74 Å². The molecule has 1 aromatic rings. The number of benzene rings is 1. The van der Waals surface area contributed by atoms with Crippen molar-refractivity contribution < 1.29 is 19.1 Å². The first kappa shape index (κ1) is 21.5. The van der Waals surface area contributed by atoms with Crippen LogP contribution in [0.15, 0.2) is 30.3 Å². The normalized spacial score (nSPS) is 33.8. The summed E-state index contributed by atoms with van der Waals surface area (Å²) in [5.74, 6) is 1.51. The van der Waals surface area contributed by atoms with E-state index < -0.39 is 18.1 Å². The number of likely N-dealkylation sites (N-methyl/N-ethyl adjacent to an activating group) is 1. The van der Waals surface area contributed by atoms with E-state index in [0.717, 1.165) is 31.4 Å².